The van der Waals surface area contributed by atoms with Gasteiger partial charge in [-0.25, -0.2) is 4.98 Å². The van der Waals surface area contributed by atoms with Gasteiger partial charge in [-0.15, -0.1) is 0 Å². The van der Waals surface area contributed by atoms with E-state index < -0.39 is 0 Å². The van der Waals surface area contributed by atoms with Crippen molar-refractivity contribution >= 4 is 5.65 Å². The molecule has 0 aromatic carbocycles. The molecule has 0 saturated carbocycles. The Labute approximate surface area is 89.7 Å². The molecule has 0 radical (unpaired) electrons. The van der Waals surface area contributed by atoms with E-state index in [1.165, 1.54) is 5.56 Å². The maximum absolute atomic E-state index is 5.35. The second-order valence-electron chi connectivity index (χ2n) is 4.11. The largest absolute Gasteiger partial charge is 0.493 e. The Morgan fingerprint density at radius 3 is 2.67 bits per heavy atom. The zero-order chi connectivity index (χ0) is 11.0. The molecule has 3 nitrogen and oxygen atoms in total. The second-order valence-corrected chi connectivity index (χ2v) is 4.11. The van der Waals surface area contributed by atoms with Crippen molar-refractivity contribution in [1.29, 1.82) is 0 Å². The molecule has 0 aliphatic rings. The Kier molecular flexibility index (Phi) is 2.39. The topological polar surface area (TPSA) is 26.5 Å². The van der Waals surface area contributed by atoms with Gasteiger partial charge in [0.2, 0.25) is 0 Å². The molecule has 80 valence electrons. The number of aromatic nitrogens is 2. The number of pyridine rings is 1. The lowest BCUT2D eigenvalue weighted by Crippen LogP contribution is -1.96. The third-order valence-corrected chi connectivity index (χ3v) is 2.55. The molecule has 0 atom stereocenters. The molecule has 2 heterocycles. The highest BCUT2D eigenvalue weighted by Gasteiger charge is 2.09. The van der Waals surface area contributed by atoms with E-state index in [1.807, 2.05) is 17.5 Å². The van der Waals surface area contributed by atoms with Crippen LogP contribution in [0.25, 0.3) is 5.65 Å². The number of methoxy groups -OCH3 is 1. The summed E-state index contributed by atoms with van der Waals surface area (Å²) in [6.45, 7) is 6.33. The average molecular weight is 204 g/mol. The maximum atomic E-state index is 5.35. The second kappa shape index (κ2) is 3.57. The fraction of sp³-hybridized carbons (Fsp3) is 0.417. The predicted molar refractivity (Wildman–Crippen MR) is 60.6 cm³/mol. The molecule has 0 aliphatic carbocycles. The molecule has 0 unspecified atom stereocenters. The lowest BCUT2D eigenvalue weighted by molar-refractivity contribution is 0.416. The minimum absolute atomic E-state index is 0.492. The van der Waals surface area contributed by atoms with E-state index in [4.69, 9.17) is 4.74 Å². The van der Waals surface area contributed by atoms with E-state index in [1.54, 1.807) is 7.11 Å². The number of aryl methyl sites for hydroxylation is 1. The van der Waals surface area contributed by atoms with Gasteiger partial charge in [-0.05, 0) is 24.5 Å². The molecule has 2 aromatic heterocycles. The van der Waals surface area contributed by atoms with Crippen LogP contribution >= 0.6 is 0 Å². The summed E-state index contributed by atoms with van der Waals surface area (Å²) >= 11 is 0. The number of ether oxygens (including phenoxy) is 1. The summed E-state index contributed by atoms with van der Waals surface area (Å²) in [6, 6.07) is 2.06. The quantitative estimate of drug-likeness (QED) is 0.752. The number of imidazole rings is 1. The van der Waals surface area contributed by atoms with Crippen molar-refractivity contribution in [2.24, 2.45) is 0 Å². The van der Waals surface area contributed by atoms with Gasteiger partial charge in [0, 0.05) is 12.4 Å². The molecule has 0 amide bonds. The maximum Gasteiger partial charge on any atom is 0.179 e. The van der Waals surface area contributed by atoms with Crippen LogP contribution in [0.5, 0.6) is 5.75 Å². The van der Waals surface area contributed by atoms with Crippen LogP contribution in [-0.4, -0.2) is 16.5 Å². The van der Waals surface area contributed by atoms with Crippen LogP contribution in [-0.2, 0) is 0 Å². The monoisotopic (exact) mass is 204 g/mol. The molecule has 2 rings (SSSR count). The molecule has 2 aromatic rings. The number of hydrogen-bond acceptors (Lipinski definition) is 2. The van der Waals surface area contributed by atoms with Gasteiger partial charge in [0.1, 0.15) is 0 Å². The smallest absolute Gasteiger partial charge is 0.179 e. The van der Waals surface area contributed by atoms with Crippen LogP contribution in [0, 0.1) is 6.92 Å². The first-order valence-electron chi connectivity index (χ1n) is 5.15. The summed E-state index contributed by atoms with van der Waals surface area (Å²) in [5.41, 5.74) is 3.16. The van der Waals surface area contributed by atoms with Crippen molar-refractivity contribution in [3.05, 3.63) is 29.7 Å². The lowest BCUT2D eigenvalue weighted by Gasteiger charge is -2.09. The Morgan fingerprint density at radius 1 is 1.33 bits per heavy atom. The highest BCUT2D eigenvalue weighted by Crippen LogP contribution is 2.24. The molecule has 0 N–H and O–H groups in total. The minimum Gasteiger partial charge on any atom is -0.493 e. The first-order chi connectivity index (χ1) is 7.11. The van der Waals surface area contributed by atoms with Gasteiger partial charge in [-0.1, -0.05) is 13.8 Å². The normalized spacial score (nSPS) is 11.3. The Morgan fingerprint density at radius 2 is 2.07 bits per heavy atom. The van der Waals surface area contributed by atoms with Crippen LogP contribution in [0.1, 0.15) is 31.0 Å². The Hall–Kier alpha value is -1.51. The molecule has 0 bridgehead atoms. The van der Waals surface area contributed by atoms with Gasteiger partial charge in [-0.2, -0.15) is 0 Å². The summed E-state index contributed by atoms with van der Waals surface area (Å²) < 4.78 is 7.38. The van der Waals surface area contributed by atoms with Gasteiger partial charge in [0.25, 0.3) is 0 Å². The van der Waals surface area contributed by atoms with Crippen molar-refractivity contribution in [2.45, 2.75) is 26.7 Å². The van der Waals surface area contributed by atoms with E-state index in [9.17, 15) is 0 Å². The lowest BCUT2D eigenvalue weighted by atomic mass is 10.1. The molecule has 0 saturated heterocycles. The Bertz CT molecular complexity index is 486. The molecule has 3 heteroatoms. The Balaban J connectivity index is 2.70. The van der Waals surface area contributed by atoms with Crippen LogP contribution in [0.3, 0.4) is 0 Å². The van der Waals surface area contributed by atoms with E-state index in [-0.39, 0.29) is 0 Å². The molecule has 15 heavy (non-hydrogen) atoms. The highest BCUT2D eigenvalue weighted by atomic mass is 16.5. The molecule has 0 aliphatic heterocycles. The van der Waals surface area contributed by atoms with Gasteiger partial charge < -0.3 is 9.14 Å². The van der Waals surface area contributed by atoms with Gasteiger partial charge in [0.15, 0.2) is 11.4 Å². The average Bonchev–Trinajstić information content (AvgIpc) is 2.56. The van der Waals surface area contributed by atoms with E-state index in [2.05, 4.69) is 31.1 Å². The SMILES string of the molecule is COc1cc(C(C)C)cn2cc(C)nc12. The molecular formula is C12H16N2O. The summed E-state index contributed by atoms with van der Waals surface area (Å²) in [6.07, 6.45) is 4.13. The molecule has 0 fully saturated rings. The number of fused-ring (bicyclic) bond motifs is 1. The first-order valence-corrected chi connectivity index (χ1v) is 5.15. The van der Waals surface area contributed by atoms with E-state index in [0.29, 0.717) is 5.92 Å². The fourth-order valence-corrected chi connectivity index (χ4v) is 1.68. The summed E-state index contributed by atoms with van der Waals surface area (Å²) in [4.78, 5) is 4.42. The molecule has 0 spiro atoms. The van der Waals surface area contributed by atoms with Crippen molar-refractivity contribution in [3.8, 4) is 5.75 Å². The third kappa shape index (κ3) is 1.69. The summed E-state index contributed by atoms with van der Waals surface area (Å²) in [7, 11) is 1.68. The summed E-state index contributed by atoms with van der Waals surface area (Å²) in [5.74, 6) is 1.33. The zero-order valence-corrected chi connectivity index (χ0v) is 9.61. The van der Waals surface area contributed by atoms with E-state index >= 15 is 0 Å². The van der Waals surface area contributed by atoms with E-state index in [0.717, 1.165) is 17.1 Å². The van der Waals surface area contributed by atoms with Crippen LogP contribution in [0.4, 0.5) is 0 Å². The number of nitrogens with zero attached hydrogens (tertiary/aromatic N) is 2. The first kappa shape index (κ1) is 10.0. The minimum atomic E-state index is 0.492. The fourth-order valence-electron chi connectivity index (χ4n) is 1.68. The number of rotatable bonds is 2. The zero-order valence-electron chi connectivity index (χ0n) is 9.61. The third-order valence-electron chi connectivity index (χ3n) is 2.55. The van der Waals surface area contributed by atoms with Crippen molar-refractivity contribution in [2.75, 3.05) is 7.11 Å². The predicted octanol–water partition coefficient (Wildman–Crippen LogP) is 2.77. The van der Waals surface area contributed by atoms with Gasteiger partial charge in [0.05, 0.1) is 12.8 Å². The highest BCUT2D eigenvalue weighted by molar-refractivity contribution is 5.56. The standard InChI is InChI=1S/C12H16N2O/c1-8(2)10-5-11(15-4)12-13-9(3)6-14(12)7-10/h5-8H,1-4H3. The van der Waals surface area contributed by atoms with Crippen LogP contribution in [0.2, 0.25) is 0 Å². The number of hydrogen-bond donors (Lipinski definition) is 0. The van der Waals surface area contributed by atoms with Crippen LogP contribution < -0.4 is 4.74 Å². The van der Waals surface area contributed by atoms with Gasteiger partial charge >= 0.3 is 0 Å². The van der Waals surface area contributed by atoms with Crippen molar-refractivity contribution in [3.63, 3.8) is 0 Å². The van der Waals surface area contributed by atoms with Crippen LogP contribution in [0.15, 0.2) is 18.5 Å². The molecular weight excluding hydrogens is 188 g/mol. The summed E-state index contributed by atoms with van der Waals surface area (Å²) in [5, 5.41) is 0. The van der Waals surface area contributed by atoms with Gasteiger partial charge in [-0.3, -0.25) is 0 Å². The van der Waals surface area contributed by atoms with Crippen molar-refractivity contribution in [1.82, 2.24) is 9.38 Å². The van der Waals surface area contributed by atoms with Crippen molar-refractivity contribution < 1.29 is 4.74 Å².